The van der Waals surface area contributed by atoms with Gasteiger partial charge in [-0.15, -0.1) is 11.8 Å². The molecule has 0 bridgehead atoms. The van der Waals surface area contributed by atoms with Crippen molar-refractivity contribution in [2.24, 2.45) is 0 Å². The highest BCUT2D eigenvalue weighted by Gasteiger charge is 2.34. The van der Waals surface area contributed by atoms with Crippen LogP contribution in [0.25, 0.3) is 0 Å². The first-order valence-electron chi connectivity index (χ1n) is 6.82. The Bertz CT molecular complexity index is 424. The van der Waals surface area contributed by atoms with Crippen LogP contribution in [-0.2, 0) is 9.53 Å². The zero-order valence-corrected chi connectivity index (χ0v) is 13.1. The SMILES string of the molecule is CCCNC(C)(CSc1ccc(F)cc1)C(=O)OCC. The fraction of sp³-hybridized carbons (Fsp3) is 0.533. The smallest absolute Gasteiger partial charge is 0.326 e. The summed E-state index contributed by atoms with van der Waals surface area (Å²) >= 11 is 1.51. The maximum absolute atomic E-state index is 12.9. The molecule has 0 amide bonds. The zero-order chi connectivity index (χ0) is 15.0. The second-order valence-corrected chi connectivity index (χ2v) is 5.77. The number of carbonyl (C=O) groups excluding carboxylic acids is 1. The van der Waals surface area contributed by atoms with Crippen molar-refractivity contribution in [3.8, 4) is 0 Å². The Morgan fingerprint density at radius 1 is 1.35 bits per heavy atom. The van der Waals surface area contributed by atoms with E-state index in [-0.39, 0.29) is 11.8 Å². The Labute approximate surface area is 124 Å². The van der Waals surface area contributed by atoms with Crippen LogP contribution in [0.3, 0.4) is 0 Å². The average Bonchev–Trinajstić information content (AvgIpc) is 2.45. The van der Waals surface area contributed by atoms with Crippen molar-refractivity contribution < 1.29 is 13.9 Å². The Hall–Kier alpha value is -1.07. The fourth-order valence-corrected chi connectivity index (χ4v) is 2.64. The van der Waals surface area contributed by atoms with E-state index >= 15 is 0 Å². The van der Waals surface area contributed by atoms with Gasteiger partial charge in [0.05, 0.1) is 6.61 Å². The molecule has 0 aliphatic heterocycles. The van der Waals surface area contributed by atoms with Crippen molar-refractivity contribution in [1.82, 2.24) is 5.32 Å². The molecule has 1 rings (SSSR count). The van der Waals surface area contributed by atoms with Crippen LogP contribution in [-0.4, -0.2) is 30.4 Å². The second kappa shape index (κ2) is 8.27. The van der Waals surface area contributed by atoms with E-state index in [9.17, 15) is 9.18 Å². The molecular weight excluding hydrogens is 277 g/mol. The third kappa shape index (κ3) is 5.13. The van der Waals surface area contributed by atoms with E-state index in [1.165, 1.54) is 23.9 Å². The van der Waals surface area contributed by atoms with Gasteiger partial charge in [0, 0.05) is 10.6 Å². The van der Waals surface area contributed by atoms with Crippen LogP contribution in [0.2, 0.25) is 0 Å². The Morgan fingerprint density at radius 2 is 2.00 bits per heavy atom. The molecule has 1 aromatic rings. The van der Waals surface area contributed by atoms with Gasteiger partial charge in [-0.2, -0.15) is 0 Å². The van der Waals surface area contributed by atoms with Gasteiger partial charge in [-0.3, -0.25) is 4.79 Å². The maximum atomic E-state index is 12.9. The summed E-state index contributed by atoms with van der Waals surface area (Å²) in [7, 11) is 0. The molecule has 1 aromatic carbocycles. The molecule has 0 aromatic heterocycles. The molecular formula is C15H22FNO2S. The molecule has 0 saturated carbocycles. The molecule has 0 fully saturated rings. The molecule has 0 spiro atoms. The lowest BCUT2D eigenvalue weighted by Gasteiger charge is -2.28. The van der Waals surface area contributed by atoms with Gasteiger partial charge in [0.15, 0.2) is 0 Å². The van der Waals surface area contributed by atoms with E-state index in [1.807, 2.05) is 13.8 Å². The third-order valence-corrected chi connectivity index (χ3v) is 4.16. The number of ether oxygens (including phenoxy) is 1. The summed E-state index contributed by atoms with van der Waals surface area (Å²) in [6.45, 7) is 6.80. The minimum Gasteiger partial charge on any atom is -0.465 e. The van der Waals surface area contributed by atoms with Crippen LogP contribution in [0.4, 0.5) is 4.39 Å². The molecule has 1 atom stereocenters. The van der Waals surface area contributed by atoms with Gasteiger partial charge in [-0.05, 0) is 51.1 Å². The number of rotatable bonds is 8. The maximum Gasteiger partial charge on any atom is 0.326 e. The predicted octanol–water partition coefficient (Wildman–Crippen LogP) is 3.24. The molecule has 112 valence electrons. The minimum atomic E-state index is -0.731. The van der Waals surface area contributed by atoms with E-state index in [1.54, 1.807) is 19.1 Å². The Morgan fingerprint density at radius 3 is 2.55 bits per heavy atom. The van der Waals surface area contributed by atoms with Gasteiger partial charge in [0.1, 0.15) is 11.4 Å². The van der Waals surface area contributed by atoms with Crippen LogP contribution in [0.5, 0.6) is 0 Å². The topological polar surface area (TPSA) is 38.3 Å². The molecule has 0 saturated heterocycles. The number of hydrogen-bond donors (Lipinski definition) is 1. The molecule has 3 nitrogen and oxygen atoms in total. The van der Waals surface area contributed by atoms with Crippen LogP contribution in [0.15, 0.2) is 29.2 Å². The number of benzene rings is 1. The lowest BCUT2D eigenvalue weighted by Crippen LogP contribution is -2.52. The predicted molar refractivity (Wildman–Crippen MR) is 80.5 cm³/mol. The van der Waals surface area contributed by atoms with E-state index in [2.05, 4.69) is 5.32 Å². The first kappa shape index (κ1) is 17.0. The van der Waals surface area contributed by atoms with Crippen molar-refractivity contribution in [3.05, 3.63) is 30.1 Å². The fourth-order valence-electron chi connectivity index (χ4n) is 1.63. The molecule has 1 unspecified atom stereocenters. The highest BCUT2D eigenvalue weighted by molar-refractivity contribution is 7.99. The summed E-state index contributed by atoms with van der Waals surface area (Å²) in [5.41, 5.74) is -0.731. The number of thioether (sulfide) groups is 1. The summed E-state index contributed by atoms with van der Waals surface area (Å²) in [6.07, 6.45) is 0.941. The van der Waals surface area contributed by atoms with Crippen molar-refractivity contribution >= 4 is 17.7 Å². The molecule has 1 N–H and O–H groups in total. The first-order chi connectivity index (χ1) is 9.51. The van der Waals surface area contributed by atoms with E-state index < -0.39 is 5.54 Å². The van der Waals surface area contributed by atoms with Gasteiger partial charge in [-0.25, -0.2) is 4.39 Å². The van der Waals surface area contributed by atoms with Crippen molar-refractivity contribution in [2.45, 2.75) is 37.6 Å². The molecule has 0 heterocycles. The van der Waals surface area contributed by atoms with Gasteiger partial charge >= 0.3 is 5.97 Å². The van der Waals surface area contributed by atoms with E-state index in [4.69, 9.17) is 4.74 Å². The van der Waals surface area contributed by atoms with E-state index in [0.717, 1.165) is 17.9 Å². The summed E-state index contributed by atoms with van der Waals surface area (Å²) in [4.78, 5) is 13.0. The number of hydrogen-bond acceptors (Lipinski definition) is 4. The number of halogens is 1. The zero-order valence-electron chi connectivity index (χ0n) is 12.2. The van der Waals surface area contributed by atoms with Crippen molar-refractivity contribution in [3.63, 3.8) is 0 Å². The number of esters is 1. The average molecular weight is 299 g/mol. The van der Waals surface area contributed by atoms with Crippen LogP contribution in [0, 0.1) is 5.82 Å². The van der Waals surface area contributed by atoms with E-state index in [0.29, 0.717) is 12.4 Å². The van der Waals surface area contributed by atoms with Gasteiger partial charge in [-0.1, -0.05) is 6.92 Å². The lowest BCUT2D eigenvalue weighted by atomic mass is 10.1. The normalized spacial score (nSPS) is 13.8. The third-order valence-electron chi connectivity index (χ3n) is 2.83. The Balaban J connectivity index is 2.68. The van der Waals surface area contributed by atoms with Crippen LogP contribution < -0.4 is 5.32 Å². The molecule has 0 aliphatic carbocycles. The highest BCUT2D eigenvalue weighted by atomic mass is 32.2. The summed E-state index contributed by atoms with van der Waals surface area (Å²) in [6, 6.07) is 6.27. The molecule has 0 aliphatic rings. The summed E-state index contributed by atoms with van der Waals surface area (Å²) in [5, 5.41) is 3.24. The van der Waals surface area contributed by atoms with Gasteiger partial charge < -0.3 is 10.1 Å². The molecule has 20 heavy (non-hydrogen) atoms. The summed E-state index contributed by atoms with van der Waals surface area (Å²) < 4.78 is 18.0. The highest BCUT2D eigenvalue weighted by Crippen LogP contribution is 2.24. The largest absolute Gasteiger partial charge is 0.465 e. The van der Waals surface area contributed by atoms with Crippen molar-refractivity contribution in [1.29, 1.82) is 0 Å². The standard InChI is InChI=1S/C15H22FNO2S/c1-4-10-17-15(3,14(18)19-5-2)11-20-13-8-6-12(16)7-9-13/h6-9,17H,4-5,10-11H2,1-3H3. The lowest BCUT2D eigenvalue weighted by molar-refractivity contribution is -0.149. The van der Waals surface area contributed by atoms with Crippen LogP contribution in [0.1, 0.15) is 27.2 Å². The van der Waals surface area contributed by atoms with Gasteiger partial charge in [0.2, 0.25) is 0 Å². The molecule has 0 radical (unpaired) electrons. The summed E-state index contributed by atoms with van der Waals surface area (Å²) in [5.74, 6) is 0.0342. The number of carbonyl (C=O) groups is 1. The van der Waals surface area contributed by atoms with Crippen LogP contribution >= 0.6 is 11.8 Å². The Kier molecular flexibility index (Phi) is 7.02. The van der Waals surface area contributed by atoms with Gasteiger partial charge in [0.25, 0.3) is 0 Å². The minimum absolute atomic E-state index is 0.247. The number of nitrogens with one attached hydrogen (secondary N) is 1. The second-order valence-electron chi connectivity index (χ2n) is 4.72. The van der Waals surface area contributed by atoms with Crippen molar-refractivity contribution in [2.75, 3.05) is 18.9 Å². The monoisotopic (exact) mass is 299 g/mol. The molecule has 5 heteroatoms. The first-order valence-corrected chi connectivity index (χ1v) is 7.81. The quantitative estimate of drug-likeness (QED) is 0.591.